The molecule has 0 radical (unpaired) electrons. The quantitative estimate of drug-likeness (QED) is 0.0381. The van der Waals surface area contributed by atoms with Crippen LogP contribution < -0.4 is 27.2 Å². The first-order valence-electron chi connectivity index (χ1n) is 12.4. The second-order valence-electron chi connectivity index (χ2n) is 9.62. The number of aromatic nitrogens is 2. The van der Waals surface area contributed by atoms with E-state index in [1.807, 2.05) is 0 Å². The van der Waals surface area contributed by atoms with E-state index in [2.05, 4.69) is 26.1 Å². The number of oxime groups is 1. The standard InChI is InChI=1S/C22H28N8O12S2/c1-9(2)3-14(20(35)36)42-28-16(12-8-43-21(23)26-12)18(33)27-17-13(30(19(17)34)44(39,40)41)7-25-22(37)24-6-10-4-11(31)5-15(32)29(10)38/h4-5,8-9,13-14,17,31,38H,3,6-7H2,1-2H3,(H2,23,26)(H,27,33)(H,35,36)(H2,24,25,37)(H,39,40,41)/t13-,14+,17+/m1/s1. The van der Waals surface area contributed by atoms with Crippen molar-refractivity contribution < 1.29 is 52.4 Å². The summed E-state index contributed by atoms with van der Waals surface area (Å²) in [5, 5.41) is 40.2. The number of rotatable bonds is 13. The van der Waals surface area contributed by atoms with Crippen LogP contribution in [-0.4, -0.2) is 96.7 Å². The third-order valence-corrected chi connectivity index (χ3v) is 7.51. The highest BCUT2D eigenvalue weighted by Gasteiger charge is 2.54. The molecule has 22 heteroatoms. The van der Waals surface area contributed by atoms with Crippen LogP contribution in [0.1, 0.15) is 31.7 Å². The van der Waals surface area contributed by atoms with Gasteiger partial charge in [-0.05, 0) is 5.92 Å². The fourth-order valence-electron chi connectivity index (χ4n) is 3.86. The van der Waals surface area contributed by atoms with E-state index in [0.29, 0.717) is 0 Å². The predicted molar refractivity (Wildman–Crippen MR) is 149 cm³/mol. The van der Waals surface area contributed by atoms with Crippen LogP contribution in [0.15, 0.2) is 27.5 Å². The summed E-state index contributed by atoms with van der Waals surface area (Å²) in [5.74, 6) is -4.42. The number of aliphatic carboxylic acids is 1. The molecule has 20 nitrogen and oxygen atoms in total. The fourth-order valence-corrected chi connectivity index (χ4v) is 5.29. The van der Waals surface area contributed by atoms with Crippen molar-refractivity contribution in [3.63, 3.8) is 0 Å². The highest BCUT2D eigenvalue weighted by atomic mass is 32.2. The lowest BCUT2D eigenvalue weighted by molar-refractivity contribution is -0.151. The Labute approximate surface area is 252 Å². The summed E-state index contributed by atoms with van der Waals surface area (Å²) in [6.07, 6.45) is -1.43. The van der Waals surface area contributed by atoms with E-state index in [4.69, 9.17) is 10.6 Å². The third kappa shape index (κ3) is 8.11. The maximum absolute atomic E-state index is 13.2. The minimum Gasteiger partial charge on any atom is -0.508 e. The number of hydrogen-bond donors (Lipinski definition) is 8. The molecule has 9 N–H and O–H groups in total. The number of carbonyl (C=O) groups is 4. The number of urea groups is 1. The molecule has 3 atom stereocenters. The molecule has 2 aromatic heterocycles. The first-order valence-corrected chi connectivity index (χ1v) is 14.7. The molecule has 1 aliphatic rings. The minimum absolute atomic E-state index is 0.00623. The van der Waals surface area contributed by atoms with Gasteiger partial charge in [-0.1, -0.05) is 19.0 Å². The number of carboxylic acid groups (broad SMARTS) is 1. The fraction of sp³-hybridized carbons (Fsp3) is 0.409. The van der Waals surface area contributed by atoms with Crippen LogP contribution in [0.4, 0.5) is 9.93 Å². The number of nitrogens with two attached hydrogens (primary N) is 1. The lowest BCUT2D eigenvalue weighted by Crippen LogP contribution is -2.74. The number of anilines is 1. The zero-order valence-corrected chi connectivity index (χ0v) is 24.5. The molecule has 0 aliphatic carbocycles. The van der Waals surface area contributed by atoms with Crippen molar-refractivity contribution in [2.45, 2.75) is 45.0 Å². The molecule has 3 heterocycles. The monoisotopic (exact) mass is 660 g/mol. The van der Waals surface area contributed by atoms with E-state index in [9.17, 15) is 52.4 Å². The predicted octanol–water partition coefficient (Wildman–Crippen LogP) is -1.95. The summed E-state index contributed by atoms with van der Waals surface area (Å²) < 4.78 is 33.3. The molecule has 44 heavy (non-hydrogen) atoms. The number of hydrogen-bond acceptors (Lipinski definition) is 14. The molecule has 4 amide bonds. The Hall–Kier alpha value is -4.96. The lowest BCUT2D eigenvalue weighted by atomic mass is 9.98. The number of amides is 4. The second-order valence-corrected chi connectivity index (χ2v) is 11.8. The molecular formula is C22H28N8O12S2. The minimum atomic E-state index is -5.15. The molecule has 1 fully saturated rings. The Morgan fingerprint density at radius 1 is 1.23 bits per heavy atom. The maximum Gasteiger partial charge on any atom is 0.362 e. The van der Waals surface area contributed by atoms with Crippen molar-refractivity contribution in [3.8, 4) is 5.75 Å². The topological polar surface area (TPSA) is 305 Å². The van der Waals surface area contributed by atoms with Crippen molar-refractivity contribution in [2.24, 2.45) is 11.1 Å². The van der Waals surface area contributed by atoms with Gasteiger partial charge >= 0.3 is 22.3 Å². The smallest absolute Gasteiger partial charge is 0.362 e. The van der Waals surface area contributed by atoms with Gasteiger partial charge in [-0.15, -0.1) is 11.3 Å². The summed E-state index contributed by atoms with van der Waals surface area (Å²) >= 11 is 0.905. The number of pyridine rings is 1. The Morgan fingerprint density at radius 3 is 2.48 bits per heavy atom. The molecule has 0 spiro atoms. The van der Waals surface area contributed by atoms with Crippen molar-refractivity contribution in [2.75, 3.05) is 12.3 Å². The highest BCUT2D eigenvalue weighted by Crippen LogP contribution is 2.24. The van der Waals surface area contributed by atoms with Crippen molar-refractivity contribution in [1.82, 2.24) is 30.0 Å². The first kappa shape index (κ1) is 33.5. The van der Waals surface area contributed by atoms with Gasteiger partial charge in [-0.2, -0.15) is 13.1 Å². The van der Waals surface area contributed by atoms with E-state index >= 15 is 0 Å². The summed E-state index contributed by atoms with van der Waals surface area (Å²) in [6.45, 7) is 2.32. The molecule has 240 valence electrons. The summed E-state index contributed by atoms with van der Waals surface area (Å²) in [5.41, 5.74) is 3.68. The summed E-state index contributed by atoms with van der Waals surface area (Å²) in [4.78, 5) is 70.3. The molecule has 0 bridgehead atoms. The average Bonchev–Trinajstić information content (AvgIpc) is 3.34. The molecule has 1 aliphatic heterocycles. The summed E-state index contributed by atoms with van der Waals surface area (Å²) in [6, 6.07) is -2.50. The van der Waals surface area contributed by atoms with Crippen molar-refractivity contribution >= 4 is 56.3 Å². The normalized spacial score (nSPS) is 17.5. The SMILES string of the molecule is CC(C)C[C@H](ON=C(C(=O)N[C@@H]1C(=O)N(S(=O)(=O)O)[C@@H]1CNC(=O)NCc1cc(O)cc(=O)n1O)c1csc(N)n1)C(=O)O. The number of nitrogens with one attached hydrogen (secondary N) is 3. The van der Waals surface area contributed by atoms with Crippen molar-refractivity contribution in [3.05, 3.63) is 39.3 Å². The maximum atomic E-state index is 13.2. The van der Waals surface area contributed by atoms with Gasteiger partial charge in [0, 0.05) is 30.5 Å². The van der Waals surface area contributed by atoms with Crippen LogP contribution in [0.25, 0.3) is 0 Å². The number of carboxylic acids is 1. The zero-order chi connectivity index (χ0) is 32.9. The molecule has 0 aromatic carbocycles. The summed E-state index contributed by atoms with van der Waals surface area (Å²) in [7, 11) is -5.15. The average molecular weight is 661 g/mol. The van der Waals surface area contributed by atoms with Gasteiger partial charge in [0.1, 0.15) is 17.5 Å². The highest BCUT2D eigenvalue weighted by molar-refractivity contribution is 7.84. The molecule has 0 unspecified atom stereocenters. The zero-order valence-electron chi connectivity index (χ0n) is 22.9. The second kappa shape index (κ2) is 13.6. The number of aromatic hydroxyl groups is 1. The van der Waals surface area contributed by atoms with Gasteiger partial charge in [0.15, 0.2) is 10.8 Å². The molecular weight excluding hydrogens is 632 g/mol. The largest absolute Gasteiger partial charge is 0.508 e. The number of carbonyl (C=O) groups excluding carboxylic acids is 3. The van der Waals surface area contributed by atoms with Crippen LogP contribution in [0, 0.1) is 5.92 Å². The molecule has 2 aromatic rings. The Balaban J connectivity index is 1.77. The van der Waals surface area contributed by atoms with Gasteiger partial charge < -0.3 is 41.9 Å². The van der Waals surface area contributed by atoms with Gasteiger partial charge in [0.25, 0.3) is 17.4 Å². The van der Waals surface area contributed by atoms with Crippen LogP contribution in [0.2, 0.25) is 0 Å². The molecule has 1 saturated heterocycles. The van der Waals surface area contributed by atoms with E-state index in [-0.39, 0.29) is 37.9 Å². The Kier molecular flexibility index (Phi) is 10.3. The van der Waals surface area contributed by atoms with Crippen LogP contribution >= 0.6 is 11.3 Å². The number of nitrogens with zero attached hydrogens (tertiary/aromatic N) is 4. The lowest BCUT2D eigenvalue weighted by Gasteiger charge is -2.44. The van der Waals surface area contributed by atoms with E-state index in [1.165, 1.54) is 5.38 Å². The van der Waals surface area contributed by atoms with Gasteiger partial charge in [0.2, 0.25) is 6.10 Å². The Morgan fingerprint density at radius 2 is 1.91 bits per heavy atom. The Bertz CT molecular complexity index is 1640. The van der Waals surface area contributed by atoms with Gasteiger partial charge in [-0.3, -0.25) is 18.9 Å². The van der Waals surface area contributed by atoms with Crippen molar-refractivity contribution in [1.29, 1.82) is 0 Å². The first-order chi connectivity index (χ1) is 20.5. The van der Waals surface area contributed by atoms with Gasteiger partial charge in [0.05, 0.1) is 18.3 Å². The molecule has 3 rings (SSSR count). The third-order valence-electron chi connectivity index (χ3n) is 5.88. The van der Waals surface area contributed by atoms with E-state index in [0.717, 1.165) is 23.5 Å². The number of β-lactam (4-membered cyclic amide) rings is 1. The molecule has 0 saturated carbocycles. The van der Waals surface area contributed by atoms with Crippen LogP contribution in [0.5, 0.6) is 5.75 Å². The van der Waals surface area contributed by atoms with E-state index in [1.54, 1.807) is 13.8 Å². The van der Waals surface area contributed by atoms with Crippen LogP contribution in [0.3, 0.4) is 0 Å². The number of thiazole rings is 1. The number of nitrogen functional groups attached to an aromatic ring is 1. The van der Waals surface area contributed by atoms with Crippen LogP contribution in [-0.2, 0) is 36.1 Å². The van der Waals surface area contributed by atoms with Gasteiger partial charge in [-0.25, -0.2) is 18.9 Å². The van der Waals surface area contributed by atoms with E-state index < -0.39 is 82.4 Å².